The van der Waals surface area contributed by atoms with Crippen molar-refractivity contribution < 1.29 is 4.74 Å². The van der Waals surface area contributed by atoms with Gasteiger partial charge in [-0.15, -0.1) is 0 Å². The van der Waals surface area contributed by atoms with E-state index in [1.54, 1.807) is 0 Å². The first-order valence-electron chi connectivity index (χ1n) is 7.11. The molecule has 0 unspecified atom stereocenters. The van der Waals surface area contributed by atoms with Gasteiger partial charge in [-0.2, -0.15) is 0 Å². The molecule has 104 valence electrons. The quantitative estimate of drug-likeness (QED) is 0.927. The number of hydrogen-bond acceptors (Lipinski definition) is 2. The van der Waals surface area contributed by atoms with Gasteiger partial charge in [-0.05, 0) is 36.1 Å². The number of ether oxygens (including phenoxy) is 1. The van der Waals surface area contributed by atoms with Crippen LogP contribution in [0.3, 0.4) is 0 Å². The largest absolute Gasteiger partial charge is 0.379 e. The summed E-state index contributed by atoms with van der Waals surface area (Å²) in [7, 11) is 0. The maximum atomic E-state index is 5.68. The monoisotopic (exact) mass is 267 g/mol. The fourth-order valence-corrected chi connectivity index (χ4v) is 3.09. The van der Waals surface area contributed by atoms with Crippen molar-refractivity contribution in [2.24, 2.45) is 5.73 Å². The van der Waals surface area contributed by atoms with Crippen LogP contribution in [0, 0.1) is 13.8 Å². The van der Waals surface area contributed by atoms with Crippen molar-refractivity contribution >= 4 is 0 Å². The molecule has 2 nitrogen and oxygen atoms in total. The molecule has 0 aromatic heterocycles. The Bertz CT molecular complexity index is 612. The van der Waals surface area contributed by atoms with Crippen LogP contribution in [0.25, 0.3) is 0 Å². The molecule has 20 heavy (non-hydrogen) atoms. The Hall–Kier alpha value is -1.64. The molecule has 0 atom stereocenters. The summed E-state index contributed by atoms with van der Waals surface area (Å²) in [4.78, 5) is 0. The lowest BCUT2D eigenvalue weighted by Crippen LogP contribution is -2.48. The van der Waals surface area contributed by atoms with Gasteiger partial charge >= 0.3 is 0 Å². The highest BCUT2D eigenvalue weighted by Crippen LogP contribution is 2.40. The van der Waals surface area contributed by atoms with Crippen LogP contribution in [0.15, 0.2) is 42.5 Å². The second-order valence-corrected chi connectivity index (χ2v) is 5.79. The van der Waals surface area contributed by atoms with Crippen LogP contribution in [0.5, 0.6) is 0 Å². The Morgan fingerprint density at radius 2 is 1.75 bits per heavy atom. The summed E-state index contributed by atoms with van der Waals surface area (Å²) >= 11 is 0. The molecule has 2 aromatic rings. The van der Waals surface area contributed by atoms with Crippen LogP contribution in [0.2, 0.25) is 0 Å². The van der Waals surface area contributed by atoms with Crippen molar-refractivity contribution in [3.05, 3.63) is 70.3 Å². The van der Waals surface area contributed by atoms with Crippen molar-refractivity contribution in [1.82, 2.24) is 0 Å². The van der Waals surface area contributed by atoms with Crippen molar-refractivity contribution in [1.29, 1.82) is 0 Å². The highest BCUT2D eigenvalue weighted by atomic mass is 16.5. The van der Waals surface area contributed by atoms with Crippen molar-refractivity contribution in [2.75, 3.05) is 13.2 Å². The molecule has 1 heterocycles. The maximum absolute atomic E-state index is 5.68. The average molecular weight is 267 g/mol. The van der Waals surface area contributed by atoms with Crippen molar-refractivity contribution in [3.8, 4) is 0 Å². The molecule has 0 bridgehead atoms. The van der Waals surface area contributed by atoms with E-state index in [2.05, 4.69) is 56.3 Å². The number of hydrogen-bond donors (Lipinski definition) is 1. The van der Waals surface area contributed by atoms with Crippen molar-refractivity contribution in [3.63, 3.8) is 0 Å². The molecule has 1 aliphatic rings. The van der Waals surface area contributed by atoms with Crippen LogP contribution in [-0.2, 0) is 16.7 Å². The molecular weight excluding hydrogens is 246 g/mol. The molecule has 0 aliphatic carbocycles. The van der Waals surface area contributed by atoms with E-state index in [4.69, 9.17) is 10.5 Å². The fraction of sp³-hybridized carbons (Fsp3) is 0.333. The zero-order chi connectivity index (χ0) is 14.2. The lowest BCUT2D eigenvalue weighted by atomic mass is 9.71. The third-order valence-corrected chi connectivity index (χ3v) is 4.34. The second-order valence-electron chi connectivity index (χ2n) is 5.79. The SMILES string of the molecule is Cc1ccc(C2(c3ccc(CN)cc3)COC2)c(C)c1. The van der Waals surface area contributed by atoms with Gasteiger partial charge in [0.25, 0.3) is 0 Å². The molecule has 0 radical (unpaired) electrons. The van der Waals surface area contributed by atoms with Gasteiger partial charge in [0.1, 0.15) is 0 Å². The third-order valence-electron chi connectivity index (χ3n) is 4.34. The highest BCUT2D eigenvalue weighted by Gasteiger charge is 2.42. The molecular formula is C18H21NO. The van der Waals surface area contributed by atoms with Crippen LogP contribution in [0.4, 0.5) is 0 Å². The van der Waals surface area contributed by atoms with Gasteiger partial charge in [-0.25, -0.2) is 0 Å². The highest BCUT2D eigenvalue weighted by molar-refractivity contribution is 5.47. The Balaban J connectivity index is 2.06. The molecule has 0 saturated carbocycles. The summed E-state index contributed by atoms with van der Waals surface area (Å²) in [5, 5.41) is 0. The smallest absolute Gasteiger partial charge is 0.0672 e. The van der Waals surface area contributed by atoms with Gasteiger partial charge in [0.15, 0.2) is 0 Å². The first-order chi connectivity index (χ1) is 9.65. The van der Waals surface area contributed by atoms with Gasteiger partial charge in [0.2, 0.25) is 0 Å². The van der Waals surface area contributed by atoms with E-state index in [0.717, 1.165) is 13.2 Å². The number of benzene rings is 2. The van der Waals surface area contributed by atoms with Gasteiger partial charge in [-0.3, -0.25) is 0 Å². The average Bonchev–Trinajstić information content (AvgIpc) is 2.40. The molecule has 2 aromatic carbocycles. The predicted molar refractivity (Wildman–Crippen MR) is 81.8 cm³/mol. The van der Waals surface area contributed by atoms with E-state index >= 15 is 0 Å². The van der Waals surface area contributed by atoms with E-state index < -0.39 is 0 Å². The molecule has 0 amide bonds. The maximum Gasteiger partial charge on any atom is 0.0672 e. The molecule has 1 fully saturated rings. The number of aryl methyl sites for hydroxylation is 2. The van der Waals surface area contributed by atoms with Gasteiger partial charge in [-0.1, -0.05) is 48.0 Å². The molecule has 1 aliphatic heterocycles. The minimum atomic E-state index is 0.0188. The second kappa shape index (κ2) is 5.04. The fourth-order valence-electron chi connectivity index (χ4n) is 3.09. The van der Waals surface area contributed by atoms with Crippen LogP contribution < -0.4 is 5.73 Å². The molecule has 2 heteroatoms. The van der Waals surface area contributed by atoms with Gasteiger partial charge in [0.05, 0.1) is 18.6 Å². The van der Waals surface area contributed by atoms with E-state index in [1.807, 2.05) is 0 Å². The molecule has 2 N–H and O–H groups in total. The molecule has 1 saturated heterocycles. The van der Waals surface area contributed by atoms with Gasteiger partial charge < -0.3 is 10.5 Å². The lowest BCUT2D eigenvalue weighted by molar-refractivity contribution is -0.0382. The van der Waals surface area contributed by atoms with E-state index in [1.165, 1.54) is 27.8 Å². The summed E-state index contributed by atoms with van der Waals surface area (Å²) in [6, 6.07) is 15.3. The molecule has 0 spiro atoms. The lowest BCUT2D eigenvalue weighted by Gasteiger charge is -2.43. The Morgan fingerprint density at radius 3 is 2.25 bits per heavy atom. The van der Waals surface area contributed by atoms with Crippen LogP contribution in [-0.4, -0.2) is 13.2 Å². The number of nitrogens with two attached hydrogens (primary N) is 1. The first-order valence-corrected chi connectivity index (χ1v) is 7.11. The Kier molecular flexibility index (Phi) is 3.36. The minimum Gasteiger partial charge on any atom is -0.379 e. The van der Waals surface area contributed by atoms with Crippen LogP contribution in [0.1, 0.15) is 27.8 Å². The third kappa shape index (κ3) is 2.05. The minimum absolute atomic E-state index is 0.0188. The van der Waals surface area contributed by atoms with E-state index in [-0.39, 0.29) is 5.41 Å². The zero-order valence-corrected chi connectivity index (χ0v) is 12.1. The van der Waals surface area contributed by atoms with Crippen molar-refractivity contribution in [2.45, 2.75) is 25.8 Å². The zero-order valence-electron chi connectivity index (χ0n) is 12.1. The van der Waals surface area contributed by atoms with E-state index in [9.17, 15) is 0 Å². The normalized spacial score (nSPS) is 16.8. The predicted octanol–water partition coefficient (Wildman–Crippen LogP) is 3.08. The first kappa shape index (κ1) is 13.3. The van der Waals surface area contributed by atoms with E-state index in [0.29, 0.717) is 6.54 Å². The Morgan fingerprint density at radius 1 is 1.05 bits per heavy atom. The number of rotatable bonds is 3. The topological polar surface area (TPSA) is 35.2 Å². The summed E-state index contributed by atoms with van der Waals surface area (Å²) in [6.45, 7) is 6.44. The summed E-state index contributed by atoms with van der Waals surface area (Å²) in [5.74, 6) is 0. The summed E-state index contributed by atoms with van der Waals surface area (Å²) in [6.07, 6.45) is 0. The van der Waals surface area contributed by atoms with Gasteiger partial charge in [0, 0.05) is 6.54 Å². The standard InChI is InChI=1S/C18H21NO/c1-13-3-8-17(14(2)9-13)18(11-20-12-18)16-6-4-15(10-19)5-7-16/h3-9H,10-12,19H2,1-2H3. The van der Waals surface area contributed by atoms with Crippen LogP contribution >= 0.6 is 0 Å². The summed E-state index contributed by atoms with van der Waals surface area (Å²) < 4.78 is 5.56. The Labute approximate surface area is 120 Å². The molecule has 3 rings (SSSR count). The summed E-state index contributed by atoms with van der Waals surface area (Å²) in [5.41, 5.74) is 12.2.